The number of hydrogen-bond acceptors (Lipinski definition) is 8. The quantitative estimate of drug-likeness (QED) is 0.778. The summed E-state index contributed by atoms with van der Waals surface area (Å²) in [5.74, 6) is 1.01. The summed E-state index contributed by atoms with van der Waals surface area (Å²) < 4.78 is 23.5. The topological polar surface area (TPSA) is 103 Å². The van der Waals surface area contributed by atoms with E-state index in [4.69, 9.17) is 18.6 Å². The molecule has 2 N–H and O–H groups in total. The SMILES string of the molecule is Cc1ncc(CO)c2c1O[B-]1(OC2)OCc2c(CO)cnc(C)c2O1. The van der Waals surface area contributed by atoms with E-state index in [0.29, 0.717) is 34.0 Å². The van der Waals surface area contributed by atoms with Gasteiger partial charge in [-0.05, 0) is 13.8 Å². The lowest BCUT2D eigenvalue weighted by Gasteiger charge is -2.48. The monoisotopic (exact) mass is 345 g/mol. The van der Waals surface area contributed by atoms with Gasteiger partial charge in [0.15, 0.2) is 0 Å². The first-order valence-corrected chi connectivity index (χ1v) is 8.02. The van der Waals surface area contributed by atoms with E-state index in [1.807, 2.05) is 13.8 Å². The molecule has 2 aliphatic heterocycles. The zero-order chi connectivity index (χ0) is 17.6. The fraction of sp³-hybridized carbons (Fsp3) is 0.375. The molecule has 9 heteroatoms. The average molecular weight is 345 g/mol. The molecule has 0 atom stereocenters. The molecule has 0 saturated heterocycles. The van der Waals surface area contributed by atoms with Crippen molar-refractivity contribution in [1.29, 1.82) is 0 Å². The smallest absolute Gasteiger partial charge is 0.633 e. The Bertz CT molecular complexity index is 774. The normalized spacial score (nSPS) is 17.4. The molecule has 25 heavy (non-hydrogen) atoms. The van der Waals surface area contributed by atoms with Gasteiger partial charge in [-0.25, -0.2) is 0 Å². The summed E-state index contributed by atoms with van der Waals surface area (Å²) in [4.78, 5) is 8.49. The van der Waals surface area contributed by atoms with Crippen LogP contribution in [0.5, 0.6) is 11.5 Å². The van der Waals surface area contributed by atoms with Crippen LogP contribution in [0.3, 0.4) is 0 Å². The van der Waals surface area contributed by atoms with Crippen LogP contribution in [0.25, 0.3) is 0 Å². The highest BCUT2D eigenvalue weighted by atomic mass is 16.9. The van der Waals surface area contributed by atoms with Crippen LogP contribution < -0.4 is 9.31 Å². The molecule has 0 radical (unpaired) electrons. The van der Waals surface area contributed by atoms with Gasteiger partial charge in [0.1, 0.15) is 11.5 Å². The summed E-state index contributed by atoms with van der Waals surface area (Å²) in [7, 11) is 0. The predicted molar refractivity (Wildman–Crippen MR) is 86.4 cm³/mol. The van der Waals surface area contributed by atoms with Crippen molar-refractivity contribution in [3.63, 3.8) is 0 Å². The maximum atomic E-state index is 9.47. The lowest BCUT2D eigenvalue weighted by Crippen LogP contribution is -2.58. The Hall–Kier alpha value is -2.20. The predicted octanol–water partition coefficient (Wildman–Crippen LogP) is 1.03. The second-order valence-electron chi connectivity index (χ2n) is 6.10. The van der Waals surface area contributed by atoms with Crippen molar-refractivity contribution in [2.45, 2.75) is 40.3 Å². The highest BCUT2D eigenvalue weighted by molar-refractivity contribution is 6.55. The zero-order valence-corrected chi connectivity index (χ0v) is 14.0. The number of aryl methyl sites for hydroxylation is 2. The third-order valence-corrected chi connectivity index (χ3v) is 4.54. The highest BCUT2D eigenvalue weighted by Crippen LogP contribution is 2.40. The van der Waals surface area contributed by atoms with E-state index in [2.05, 4.69) is 9.97 Å². The number of fused-ring (bicyclic) bond motifs is 2. The third kappa shape index (κ3) is 2.56. The minimum absolute atomic E-state index is 0.157. The second kappa shape index (κ2) is 5.96. The molecule has 1 spiro atoms. The average Bonchev–Trinajstić information content (AvgIpc) is 2.63. The van der Waals surface area contributed by atoms with Crippen LogP contribution >= 0.6 is 0 Å². The number of aliphatic hydroxyl groups excluding tert-OH is 2. The minimum atomic E-state index is -2.51. The van der Waals surface area contributed by atoms with E-state index in [-0.39, 0.29) is 26.4 Å². The van der Waals surface area contributed by atoms with Gasteiger partial charge < -0.3 is 28.8 Å². The molecule has 4 rings (SSSR count). The number of aromatic nitrogens is 2. The van der Waals surface area contributed by atoms with Crippen LogP contribution in [-0.4, -0.2) is 27.1 Å². The molecule has 0 saturated carbocycles. The Kier molecular flexibility index (Phi) is 3.88. The highest BCUT2D eigenvalue weighted by Gasteiger charge is 2.45. The number of pyridine rings is 2. The molecular formula is C16H18BN2O6-. The van der Waals surface area contributed by atoms with Crippen molar-refractivity contribution >= 4 is 6.96 Å². The van der Waals surface area contributed by atoms with Crippen molar-refractivity contribution in [3.8, 4) is 11.5 Å². The molecule has 0 aliphatic carbocycles. The molecular weight excluding hydrogens is 327 g/mol. The van der Waals surface area contributed by atoms with Gasteiger partial charge >= 0.3 is 6.96 Å². The largest absolute Gasteiger partial charge is 0.652 e. The molecule has 0 fully saturated rings. The van der Waals surface area contributed by atoms with E-state index in [1.165, 1.54) is 0 Å². The van der Waals surface area contributed by atoms with Crippen LogP contribution in [0.4, 0.5) is 0 Å². The van der Waals surface area contributed by atoms with Gasteiger partial charge in [0.05, 0.1) is 24.6 Å². The Morgan fingerprint density at radius 3 is 1.72 bits per heavy atom. The van der Waals surface area contributed by atoms with E-state index in [9.17, 15) is 10.2 Å². The Balaban J connectivity index is 1.73. The second-order valence-corrected chi connectivity index (χ2v) is 6.10. The molecule has 132 valence electrons. The van der Waals surface area contributed by atoms with Gasteiger partial charge in [-0.3, -0.25) is 9.97 Å². The van der Waals surface area contributed by atoms with Gasteiger partial charge in [0, 0.05) is 47.9 Å². The van der Waals surface area contributed by atoms with Crippen LogP contribution in [0.2, 0.25) is 0 Å². The molecule has 2 aromatic rings. The van der Waals surface area contributed by atoms with Crippen LogP contribution in [0.1, 0.15) is 33.6 Å². The summed E-state index contributed by atoms with van der Waals surface area (Å²) in [5, 5.41) is 18.9. The summed E-state index contributed by atoms with van der Waals surface area (Å²) in [6.45, 7) is 1.15. The van der Waals surface area contributed by atoms with Gasteiger partial charge in [-0.15, -0.1) is 0 Å². The van der Waals surface area contributed by atoms with Gasteiger partial charge in [0.25, 0.3) is 0 Å². The van der Waals surface area contributed by atoms with E-state index < -0.39 is 6.96 Å². The molecule has 4 heterocycles. The summed E-state index contributed by atoms with van der Waals surface area (Å²) in [5.41, 5.74) is 4.08. The van der Waals surface area contributed by atoms with Crippen molar-refractivity contribution in [2.75, 3.05) is 0 Å². The molecule has 0 aromatic carbocycles. The van der Waals surface area contributed by atoms with Crippen LogP contribution in [-0.2, 0) is 35.7 Å². The Morgan fingerprint density at radius 2 is 1.32 bits per heavy atom. The molecule has 2 aliphatic rings. The van der Waals surface area contributed by atoms with Gasteiger partial charge in [-0.2, -0.15) is 0 Å². The number of rotatable bonds is 2. The number of nitrogens with zero attached hydrogens (tertiary/aromatic N) is 2. The van der Waals surface area contributed by atoms with Crippen LogP contribution in [0, 0.1) is 13.8 Å². The summed E-state index contributed by atoms with van der Waals surface area (Å²) in [6, 6.07) is 0. The molecule has 2 aromatic heterocycles. The van der Waals surface area contributed by atoms with Crippen LogP contribution in [0.15, 0.2) is 12.4 Å². The zero-order valence-electron chi connectivity index (χ0n) is 14.0. The molecule has 0 bridgehead atoms. The number of aliphatic hydroxyl groups is 2. The lowest BCUT2D eigenvalue weighted by atomic mass is 9.94. The summed E-state index contributed by atoms with van der Waals surface area (Å²) in [6.07, 6.45) is 3.21. The maximum absolute atomic E-state index is 9.47. The van der Waals surface area contributed by atoms with Crippen molar-refractivity contribution < 1.29 is 28.8 Å². The number of hydrogen-bond donors (Lipinski definition) is 2. The molecule has 0 unspecified atom stereocenters. The van der Waals surface area contributed by atoms with E-state index >= 15 is 0 Å². The Labute approximate surface area is 144 Å². The van der Waals surface area contributed by atoms with Crippen molar-refractivity contribution in [2.24, 2.45) is 0 Å². The Morgan fingerprint density at radius 1 is 0.880 bits per heavy atom. The fourth-order valence-corrected chi connectivity index (χ4v) is 3.12. The van der Waals surface area contributed by atoms with Gasteiger partial charge in [0.2, 0.25) is 0 Å². The first-order chi connectivity index (χ1) is 12.1. The van der Waals surface area contributed by atoms with Gasteiger partial charge in [-0.1, -0.05) is 0 Å². The summed E-state index contributed by atoms with van der Waals surface area (Å²) >= 11 is 0. The van der Waals surface area contributed by atoms with Crippen molar-refractivity contribution in [1.82, 2.24) is 9.97 Å². The third-order valence-electron chi connectivity index (χ3n) is 4.54. The first kappa shape index (κ1) is 16.3. The maximum Gasteiger partial charge on any atom is 0.652 e. The van der Waals surface area contributed by atoms with Crippen molar-refractivity contribution in [3.05, 3.63) is 46.0 Å². The molecule has 0 amide bonds. The lowest BCUT2D eigenvalue weighted by molar-refractivity contribution is 0.00304. The minimum Gasteiger partial charge on any atom is -0.633 e. The van der Waals surface area contributed by atoms with E-state index in [1.54, 1.807) is 12.4 Å². The first-order valence-electron chi connectivity index (χ1n) is 8.02. The van der Waals surface area contributed by atoms with E-state index in [0.717, 1.165) is 11.1 Å². The fourth-order valence-electron chi connectivity index (χ4n) is 3.12. The molecule has 8 nitrogen and oxygen atoms in total. The standard InChI is InChI=1S/C16H18BN2O6/c1-9-15-13(11(5-20)3-18-9)7-22-17(24-15)23-8-14-12(6-21)4-19-10(2)16(14)25-17/h3-4,20-21H,5-8H2,1-2H3/q-1.